The largest absolute Gasteiger partial charge is 0.480 e. The summed E-state index contributed by atoms with van der Waals surface area (Å²) in [6, 6.07) is 6.83. The Morgan fingerprint density at radius 3 is 2.53 bits per heavy atom. The van der Waals surface area contributed by atoms with Gasteiger partial charge in [0.2, 0.25) is 0 Å². The number of benzene rings is 1. The van der Waals surface area contributed by atoms with Crippen LogP contribution in [-0.4, -0.2) is 28.9 Å². The van der Waals surface area contributed by atoms with E-state index < -0.39 is 17.5 Å². The highest BCUT2D eigenvalue weighted by atomic mass is 32.2. The number of carboxylic acid groups (broad SMARTS) is 1. The summed E-state index contributed by atoms with van der Waals surface area (Å²) in [5.74, 6) is -1.05. The second-order valence-electron chi connectivity index (χ2n) is 4.27. The topological polar surface area (TPSA) is 78.4 Å². The van der Waals surface area contributed by atoms with Crippen LogP contribution >= 0.6 is 11.8 Å². The SMILES string of the molecule is CCC(C)(NC(=O)Nc1ccccc1SC)C(=O)O. The van der Waals surface area contributed by atoms with Gasteiger partial charge in [0.1, 0.15) is 5.54 Å². The van der Waals surface area contributed by atoms with Crippen LogP contribution in [-0.2, 0) is 4.79 Å². The van der Waals surface area contributed by atoms with E-state index in [2.05, 4.69) is 10.6 Å². The predicted octanol–water partition coefficient (Wildman–Crippen LogP) is 2.78. The number of rotatable bonds is 5. The van der Waals surface area contributed by atoms with Gasteiger partial charge in [0.25, 0.3) is 0 Å². The number of hydrogen-bond acceptors (Lipinski definition) is 3. The van der Waals surface area contributed by atoms with E-state index in [1.54, 1.807) is 13.0 Å². The normalized spacial score (nSPS) is 13.4. The van der Waals surface area contributed by atoms with Crippen molar-refractivity contribution in [3.8, 4) is 0 Å². The second kappa shape index (κ2) is 6.47. The molecule has 0 aliphatic rings. The Hall–Kier alpha value is -1.69. The van der Waals surface area contributed by atoms with Crippen molar-refractivity contribution in [3.05, 3.63) is 24.3 Å². The van der Waals surface area contributed by atoms with Crippen LogP contribution in [0.3, 0.4) is 0 Å². The molecule has 0 saturated carbocycles. The van der Waals surface area contributed by atoms with Crippen LogP contribution in [0.25, 0.3) is 0 Å². The van der Waals surface area contributed by atoms with Crippen molar-refractivity contribution in [2.75, 3.05) is 11.6 Å². The number of urea groups is 1. The Morgan fingerprint density at radius 2 is 2.00 bits per heavy atom. The fourth-order valence-corrected chi connectivity index (χ4v) is 2.00. The van der Waals surface area contributed by atoms with Crippen molar-refractivity contribution in [1.29, 1.82) is 0 Å². The van der Waals surface area contributed by atoms with Crippen LogP contribution in [0.15, 0.2) is 29.2 Å². The number of thioether (sulfide) groups is 1. The number of anilines is 1. The molecule has 0 aliphatic carbocycles. The van der Waals surface area contributed by atoms with Crippen molar-refractivity contribution in [2.24, 2.45) is 0 Å². The van der Waals surface area contributed by atoms with E-state index in [9.17, 15) is 9.59 Å². The zero-order chi connectivity index (χ0) is 14.5. The van der Waals surface area contributed by atoms with E-state index in [1.807, 2.05) is 24.5 Å². The van der Waals surface area contributed by atoms with Crippen LogP contribution in [0.4, 0.5) is 10.5 Å². The molecule has 2 amide bonds. The van der Waals surface area contributed by atoms with Gasteiger partial charge < -0.3 is 15.7 Å². The summed E-state index contributed by atoms with van der Waals surface area (Å²) in [5.41, 5.74) is -0.602. The van der Waals surface area contributed by atoms with Crippen molar-refractivity contribution in [2.45, 2.75) is 30.7 Å². The molecule has 3 N–H and O–H groups in total. The minimum Gasteiger partial charge on any atom is -0.480 e. The van der Waals surface area contributed by atoms with E-state index in [-0.39, 0.29) is 0 Å². The monoisotopic (exact) mass is 282 g/mol. The quantitative estimate of drug-likeness (QED) is 0.726. The third kappa shape index (κ3) is 3.89. The highest BCUT2D eigenvalue weighted by Gasteiger charge is 2.32. The van der Waals surface area contributed by atoms with E-state index in [0.29, 0.717) is 12.1 Å². The molecule has 104 valence electrons. The first-order chi connectivity index (χ1) is 8.92. The standard InChI is InChI=1S/C13H18N2O3S/c1-4-13(2,11(16)17)15-12(18)14-9-7-5-6-8-10(9)19-3/h5-8H,4H2,1-3H3,(H,16,17)(H2,14,15,18). The van der Waals surface area contributed by atoms with Gasteiger partial charge >= 0.3 is 12.0 Å². The van der Waals surface area contributed by atoms with Gasteiger partial charge in [-0.05, 0) is 31.7 Å². The molecule has 0 fully saturated rings. The third-order valence-corrected chi connectivity index (χ3v) is 3.72. The van der Waals surface area contributed by atoms with E-state index >= 15 is 0 Å². The van der Waals surface area contributed by atoms with Crippen molar-refractivity contribution in [3.63, 3.8) is 0 Å². The molecule has 6 heteroatoms. The lowest BCUT2D eigenvalue weighted by atomic mass is 10.00. The summed E-state index contributed by atoms with van der Waals surface area (Å²) in [4.78, 5) is 23.9. The van der Waals surface area contributed by atoms with Gasteiger partial charge in [0, 0.05) is 4.90 Å². The summed E-state index contributed by atoms with van der Waals surface area (Å²) in [5, 5.41) is 14.3. The summed E-state index contributed by atoms with van der Waals surface area (Å²) in [6.07, 6.45) is 2.21. The fourth-order valence-electron chi connectivity index (χ4n) is 1.45. The molecular weight excluding hydrogens is 264 g/mol. The molecule has 1 unspecified atom stereocenters. The first kappa shape index (κ1) is 15.4. The molecule has 5 nitrogen and oxygen atoms in total. The Labute approximate surface area is 116 Å². The third-order valence-electron chi connectivity index (χ3n) is 2.92. The second-order valence-corrected chi connectivity index (χ2v) is 5.12. The fraction of sp³-hybridized carbons (Fsp3) is 0.385. The highest BCUT2D eigenvalue weighted by Crippen LogP contribution is 2.24. The zero-order valence-corrected chi connectivity index (χ0v) is 12.0. The molecule has 0 saturated heterocycles. The number of carbonyl (C=O) groups excluding carboxylic acids is 1. The number of carboxylic acids is 1. The maximum absolute atomic E-state index is 11.9. The summed E-state index contributed by atoms with van der Waals surface area (Å²) < 4.78 is 0. The maximum atomic E-state index is 11.9. The van der Waals surface area contributed by atoms with Crippen LogP contribution < -0.4 is 10.6 Å². The Morgan fingerprint density at radius 1 is 1.37 bits per heavy atom. The van der Waals surface area contributed by atoms with E-state index in [0.717, 1.165) is 4.90 Å². The molecule has 1 aromatic rings. The summed E-state index contributed by atoms with van der Waals surface area (Å²) in [6.45, 7) is 3.19. The zero-order valence-electron chi connectivity index (χ0n) is 11.2. The molecule has 0 bridgehead atoms. The molecule has 19 heavy (non-hydrogen) atoms. The van der Waals surface area contributed by atoms with E-state index in [4.69, 9.17) is 5.11 Å². The number of nitrogens with one attached hydrogen (secondary N) is 2. The molecule has 0 radical (unpaired) electrons. The van der Waals surface area contributed by atoms with E-state index in [1.165, 1.54) is 18.7 Å². The molecule has 0 aliphatic heterocycles. The molecule has 1 rings (SSSR count). The van der Waals surface area contributed by atoms with Crippen LogP contribution in [0, 0.1) is 0 Å². The van der Waals surface area contributed by atoms with Crippen molar-refractivity contribution >= 4 is 29.4 Å². The Kier molecular flexibility index (Phi) is 5.23. The number of para-hydroxylation sites is 1. The summed E-state index contributed by atoms with van der Waals surface area (Å²) >= 11 is 1.51. The lowest BCUT2D eigenvalue weighted by molar-refractivity contribution is -0.143. The van der Waals surface area contributed by atoms with Crippen molar-refractivity contribution in [1.82, 2.24) is 5.32 Å². The van der Waals surface area contributed by atoms with Gasteiger partial charge in [0.05, 0.1) is 5.69 Å². The van der Waals surface area contributed by atoms with Crippen molar-refractivity contribution < 1.29 is 14.7 Å². The average molecular weight is 282 g/mol. The van der Waals surface area contributed by atoms with Gasteiger partial charge in [-0.3, -0.25) is 0 Å². The Bertz CT molecular complexity index is 479. The number of aliphatic carboxylic acids is 1. The molecule has 0 aromatic heterocycles. The first-order valence-electron chi connectivity index (χ1n) is 5.88. The van der Waals surface area contributed by atoms with Gasteiger partial charge in [0.15, 0.2) is 0 Å². The predicted molar refractivity (Wildman–Crippen MR) is 76.7 cm³/mol. The molecule has 1 atom stereocenters. The summed E-state index contributed by atoms with van der Waals surface area (Å²) in [7, 11) is 0. The average Bonchev–Trinajstić information content (AvgIpc) is 2.38. The Balaban J connectivity index is 2.78. The smallest absolute Gasteiger partial charge is 0.329 e. The lowest BCUT2D eigenvalue weighted by Crippen LogP contribution is -2.53. The minimum absolute atomic E-state index is 0.305. The number of amides is 2. The highest BCUT2D eigenvalue weighted by molar-refractivity contribution is 7.98. The van der Waals surface area contributed by atoms with Gasteiger partial charge in [-0.25, -0.2) is 9.59 Å². The molecule has 1 aromatic carbocycles. The molecular formula is C13H18N2O3S. The van der Waals surface area contributed by atoms with Crippen LogP contribution in [0.1, 0.15) is 20.3 Å². The number of carbonyl (C=O) groups is 2. The van der Waals surface area contributed by atoms with Crippen LogP contribution in [0.5, 0.6) is 0 Å². The lowest BCUT2D eigenvalue weighted by Gasteiger charge is -2.24. The van der Waals surface area contributed by atoms with Gasteiger partial charge in [-0.2, -0.15) is 0 Å². The first-order valence-corrected chi connectivity index (χ1v) is 7.11. The molecule has 0 spiro atoms. The van der Waals surface area contributed by atoms with Gasteiger partial charge in [-0.1, -0.05) is 19.1 Å². The van der Waals surface area contributed by atoms with Gasteiger partial charge in [-0.15, -0.1) is 11.8 Å². The number of hydrogen-bond donors (Lipinski definition) is 3. The van der Waals surface area contributed by atoms with Crippen LogP contribution in [0.2, 0.25) is 0 Å². The maximum Gasteiger partial charge on any atom is 0.329 e. The minimum atomic E-state index is -1.27. The molecule has 0 heterocycles.